The van der Waals surface area contributed by atoms with E-state index in [0.717, 1.165) is 6.42 Å². The summed E-state index contributed by atoms with van der Waals surface area (Å²) in [5.41, 5.74) is 1.91. The van der Waals surface area contributed by atoms with Gasteiger partial charge in [0.1, 0.15) is 6.67 Å². The van der Waals surface area contributed by atoms with Gasteiger partial charge in [-0.3, -0.25) is 9.69 Å². The fraction of sp³-hybridized carbons (Fsp3) is 0.650. The number of methoxy groups -OCH3 is 1. The van der Waals surface area contributed by atoms with Crippen LogP contribution in [0.25, 0.3) is 0 Å². The van der Waals surface area contributed by atoms with Crippen LogP contribution in [0.5, 0.6) is 0 Å². The number of thiol groups is 1. The van der Waals surface area contributed by atoms with Crippen molar-refractivity contribution in [3.8, 4) is 0 Å². The Morgan fingerprint density at radius 2 is 2.00 bits per heavy atom. The molecule has 25 heavy (non-hydrogen) atoms. The van der Waals surface area contributed by atoms with Gasteiger partial charge in [0, 0.05) is 24.4 Å². The zero-order valence-electron chi connectivity index (χ0n) is 14.9. The molecular weight excluding hydrogens is 337 g/mol. The molecule has 1 aliphatic carbocycles. The molecule has 0 bridgehead atoms. The van der Waals surface area contributed by atoms with Crippen molar-refractivity contribution in [2.75, 3.05) is 13.0 Å². The summed E-state index contributed by atoms with van der Waals surface area (Å²) in [6.45, 7) is -0.434. The molecule has 0 spiro atoms. The van der Waals surface area contributed by atoms with Crippen LogP contribution >= 0.6 is 12.6 Å². The smallest absolute Gasteiger partial charge is 0.305 e. The molecule has 2 aliphatic rings. The second kappa shape index (κ2) is 8.54. The Labute approximate surface area is 155 Å². The number of fused-ring (bicyclic) bond motifs is 1. The Morgan fingerprint density at radius 3 is 2.64 bits per heavy atom. The first-order chi connectivity index (χ1) is 12.2. The van der Waals surface area contributed by atoms with Crippen LogP contribution in [-0.4, -0.2) is 29.9 Å². The molecule has 3 nitrogen and oxygen atoms in total. The lowest BCUT2D eigenvalue weighted by atomic mass is 9.68. The monoisotopic (exact) mass is 365 g/mol. The molecule has 1 saturated carbocycles. The minimum absolute atomic E-state index is 0.111. The van der Waals surface area contributed by atoms with Crippen molar-refractivity contribution in [2.24, 2.45) is 11.8 Å². The van der Waals surface area contributed by atoms with Gasteiger partial charge in [0.25, 0.3) is 0 Å². The number of halogens is 1. The fourth-order valence-corrected chi connectivity index (χ4v) is 5.23. The van der Waals surface area contributed by atoms with E-state index in [2.05, 4.69) is 17.5 Å². The highest BCUT2D eigenvalue weighted by molar-refractivity contribution is 7.80. The molecule has 1 heterocycles. The summed E-state index contributed by atoms with van der Waals surface area (Å²) >= 11 is 4.62. The largest absolute Gasteiger partial charge is 0.469 e. The Bertz CT molecular complexity index is 580. The van der Waals surface area contributed by atoms with Crippen molar-refractivity contribution in [3.05, 3.63) is 35.4 Å². The van der Waals surface area contributed by atoms with E-state index in [1.165, 1.54) is 38.4 Å². The van der Waals surface area contributed by atoms with Gasteiger partial charge >= 0.3 is 5.97 Å². The number of carbonyl (C=O) groups excluding carboxylic acids is 1. The number of likely N-dealkylation sites (tertiary alicyclic amines) is 1. The third kappa shape index (κ3) is 4.03. The highest BCUT2D eigenvalue weighted by atomic mass is 32.1. The molecule has 0 N–H and O–H groups in total. The van der Waals surface area contributed by atoms with Crippen LogP contribution in [0.1, 0.15) is 55.7 Å². The summed E-state index contributed by atoms with van der Waals surface area (Å²) in [5, 5.41) is 0. The van der Waals surface area contributed by atoms with Gasteiger partial charge in [-0.15, -0.1) is 0 Å². The molecule has 0 aromatic heterocycles. The van der Waals surface area contributed by atoms with Crippen molar-refractivity contribution in [3.63, 3.8) is 0 Å². The number of carbonyl (C=O) groups is 1. The molecule has 4 atom stereocenters. The molecule has 0 radical (unpaired) electrons. The Balaban J connectivity index is 1.87. The van der Waals surface area contributed by atoms with E-state index in [9.17, 15) is 9.18 Å². The van der Waals surface area contributed by atoms with Crippen molar-refractivity contribution in [1.82, 2.24) is 4.90 Å². The number of esters is 1. The minimum Gasteiger partial charge on any atom is -0.469 e. The van der Waals surface area contributed by atoms with E-state index < -0.39 is 6.67 Å². The average Bonchev–Trinajstić information content (AvgIpc) is 2.67. The maximum absolute atomic E-state index is 12.8. The van der Waals surface area contributed by atoms with Crippen LogP contribution in [0.4, 0.5) is 4.39 Å². The quantitative estimate of drug-likeness (QED) is 0.614. The Morgan fingerprint density at radius 1 is 1.28 bits per heavy atom. The van der Waals surface area contributed by atoms with Gasteiger partial charge in [-0.25, -0.2) is 4.39 Å². The number of ether oxygens (including phenoxy) is 1. The van der Waals surface area contributed by atoms with Crippen LogP contribution in [0.15, 0.2) is 24.3 Å². The summed E-state index contributed by atoms with van der Waals surface area (Å²) in [7, 11) is 1.47. The molecule has 0 amide bonds. The summed E-state index contributed by atoms with van der Waals surface area (Å²) < 4.78 is 17.8. The molecular formula is C20H28FNO2S. The molecule has 1 saturated heterocycles. The molecule has 1 aromatic rings. The van der Waals surface area contributed by atoms with Gasteiger partial charge in [0.15, 0.2) is 0 Å². The maximum Gasteiger partial charge on any atom is 0.305 e. The van der Waals surface area contributed by atoms with E-state index in [1.807, 2.05) is 24.3 Å². The summed E-state index contributed by atoms with van der Waals surface area (Å²) in [4.78, 5) is 14.4. The summed E-state index contributed by atoms with van der Waals surface area (Å²) in [5.74, 6) is 1.49. The zero-order chi connectivity index (χ0) is 17.8. The van der Waals surface area contributed by atoms with Gasteiger partial charge in [0.05, 0.1) is 7.11 Å². The van der Waals surface area contributed by atoms with Gasteiger partial charge in [-0.1, -0.05) is 37.1 Å². The summed E-state index contributed by atoms with van der Waals surface area (Å²) in [6, 6.07) is 8.52. The topological polar surface area (TPSA) is 29.5 Å². The second-order valence-corrected chi connectivity index (χ2v) is 7.62. The third-order valence-electron chi connectivity index (χ3n) is 6.08. The van der Waals surface area contributed by atoms with Crippen LogP contribution < -0.4 is 0 Å². The van der Waals surface area contributed by atoms with E-state index in [0.29, 0.717) is 35.7 Å². The standard InChI is InChI=1S/C20H28FNO2S/c1-24-20(23)11-16-10-19(15-8-6-14(12-21)7-9-15)22(13-25)18-5-3-2-4-17(16)18/h6-9,16-19,25H,2-5,10-13H2,1H3/t16-,17+,18+,19+/m1/s1. The summed E-state index contributed by atoms with van der Waals surface area (Å²) in [6.07, 6.45) is 6.27. The van der Waals surface area contributed by atoms with Gasteiger partial charge in [-0.2, -0.15) is 12.6 Å². The molecule has 5 heteroatoms. The van der Waals surface area contributed by atoms with Crippen molar-refractivity contribution >= 4 is 18.6 Å². The normalized spacial score (nSPS) is 29.9. The lowest BCUT2D eigenvalue weighted by Gasteiger charge is -2.51. The lowest BCUT2D eigenvalue weighted by Crippen LogP contribution is -2.51. The highest BCUT2D eigenvalue weighted by Crippen LogP contribution is 2.47. The first-order valence-corrected chi connectivity index (χ1v) is 9.89. The number of alkyl halides is 1. The number of hydrogen-bond donors (Lipinski definition) is 1. The number of rotatable bonds is 5. The van der Waals surface area contributed by atoms with Gasteiger partial charge in [-0.05, 0) is 42.2 Å². The van der Waals surface area contributed by atoms with Crippen LogP contribution in [0.3, 0.4) is 0 Å². The molecule has 2 fully saturated rings. The van der Waals surface area contributed by atoms with E-state index in [-0.39, 0.29) is 12.0 Å². The van der Waals surface area contributed by atoms with Crippen LogP contribution in [-0.2, 0) is 16.2 Å². The Kier molecular flexibility index (Phi) is 6.39. The predicted molar refractivity (Wildman–Crippen MR) is 100 cm³/mol. The zero-order valence-corrected chi connectivity index (χ0v) is 15.8. The Hall–Kier alpha value is -1.07. The van der Waals surface area contributed by atoms with Crippen molar-refractivity contribution in [1.29, 1.82) is 0 Å². The van der Waals surface area contributed by atoms with Crippen molar-refractivity contribution in [2.45, 2.75) is 57.3 Å². The molecule has 0 unspecified atom stereocenters. The van der Waals surface area contributed by atoms with Gasteiger partial charge in [0.2, 0.25) is 0 Å². The molecule has 138 valence electrons. The minimum atomic E-state index is -0.434. The first-order valence-electron chi connectivity index (χ1n) is 9.26. The maximum atomic E-state index is 12.8. The molecule has 1 aliphatic heterocycles. The number of piperidine rings is 1. The van der Waals surface area contributed by atoms with Crippen molar-refractivity contribution < 1.29 is 13.9 Å². The average molecular weight is 366 g/mol. The van der Waals surface area contributed by atoms with Crippen LogP contribution in [0, 0.1) is 11.8 Å². The van der Waals surface area contributed by atoms with Crippen LogP contribution in [0.2, 0.25) is 0 Å². The second-order valence-electron chi connectivity index (χ2n) is 7.34. The van der Waals surface area contributed by atoms with E-state index in [1.54, 1.807) is 0 Å². The molecule has 1 aromatic carbocycles. The third-order valence-corrected chi connectivity index (χ3v) is 6.40. The molecule has 3 rings (SSSR count). The van der Waals surface area contributed by atoms with E-state index >= 15 is 0 Å². The van der Waals surface area contributed by atoms with E-state index in [4.69, 9.17) is 4.74 Å². The lowest BCUT2D eigenvalue weighted by molar-refractivity contribution is -0.144. The predicted octanol–water partition coefficient (Wildman–Crippen LogP) is 4.53. The number of nitrogens with zero attached hydrogens (tertiary/aromatic N) is 1. The number of hydrogen-bond acceptors (Lipinski definition) is 4. The first kappa shape index (κ1) is 18.7. The van der Waals surface area contributed by atoms with Gasteiger partial charge < -0.3 is 4.74 Å². The highest BCUT2D eigenvalue weighted by Gasteiger charge is 2.44. The number of benzene rings is 1. The SMILES string of the molecule is COC(=O)C[C@H]1C[C@@H](c2ccc(CF)cc2)N(CS)[C@H]2CCCC[C@@H]12. The fourth-order valence-electron chi connectivity index (χ4n) is 4.82.